The van der Waals surface area contributed by atoms with Gasteiger partial charge in [-0.25, -0.2) is 24.3 Å². The minimum atomic E-state index is -0.773. The molecule has 0 unspecified atom stereocenters. The van der Waals surface area contributed by atoms with Crippen molar-refractivity contribution >= 4 is 50.3 Å². The van der Waals surface area contributed by atoms with Gasteiger partial charge in [0.25, 0.3) is 11.8 Å². The molecule has 6 N–H and O–H groups in total. The van der Waals surface area contributed by atoms with Crippen LogP contribution in [0, 0.1) is 5.82 Å². The molecule has 0 radical (unpaired) electrons. The Labute approximate surface area is 295 Å². The van der Waals surface area contributed by atoms with Gasteiger partial charge in [-0.3, -0.25) is 19.1 Å². The zero-order chi connectivity index (χ0) is 35.2. The monoisotopic (exact) mass is 697 g/mol. The lowest BCUT2D eigenvalue weighted by atomic mass is 9.85. The fourth-order valence-corrected chi connectivity index (χ4v) is 7.80. The van der Waals surface area contributed by atoms with Crippen LogP contribution in [0.3, 0.4) is 0 Å². The smallest absolute Gasteiger partial charge is 0.277 e. The lowest BCUT2D eigenvalue weighted by Crippen LogP contribution is -2.33. The second-order valence-electron chi connectivity index (χ2n) is 12.6. The molecule has 0 saturated carbocycles. The van der Waals surface area contributed by atoms with Crippen LogP contribution in [0.5, 0.6) is 0 Å². The number of rotatable bonds is 8. The fourth-order valence-electron chi connectivity index (χ4n) is 6.95. The molecule has 1 aliphatic rings. The molecule has 3 aromatic carbocycles. The summed E-state index contributed by atoms with van der Waals surface area (Å²) in [7, 11) is 0. The first kappa shape index (κ1) is 32.2. The van der Waals surface area contributed by atoms with Gasteiger partial charge in [0, 0.05) is 29.6 Å². The second-order valence-corrected chi connectivity index (χ2v) is 13.6. The number of piperidine rings is 1. The van der Waals surface area contributed by atoms with E-state index in [0.29, 0.717) is 60.0 Å². The highest BCUT2D eigenvalue weighted by Gasteiger charge is 2.30. The van der Waals surface area contributed by atoms with Crippen molar-refractivity contribution in [2.24, 2.45) is 11.5 Å². The van der Waals surface area contributed by atoms with Gasteiger partial charge in [-0.2, -0.15) is 0 Å². The Bertz CT molecular complexity index is 2450. The number of benzene rings is 3. The molecule has 11 nitrogen and oxygen atoms in total. The molecule has 1 aliphatic heterocycles. The van der Waals surface area contributed by atoms with Gasteiger partial charge in [-0.1, -0.05) is 42.5 Å². The van der Waals surface area contributed by atoms with E-state index in [9.17, 15) is 9.59 Å². The van der Waals surface area contributed by atoms with Crippen LogP contribution < -0.4 is 17.2 Å². The third-order valence-electron chi connectivity index (χ3n) is 9.38. The van der Waals surface area contributed by atoms with Crippen molar-refractivity contribution in [1.29, 1.82) is 0 Å². The lowest BCUT2D eigenvalue weighted by Gasteiger charge is -2.33. The molecule has 8 rings (SSSR count). The van der Waals surface area contributed by atoms with Crippen LogP contribution in [0.25, 0.3) is 49.7 Å². The molecule has 0 bridgehead atoms. The van der Waals surface area contributed by atoms with Crippen LogP contribution in [0.2, 0.25) is 0 Å². The number of thiazole rings is 1. The number of nitrogens with two attached hydrogens (primary N) is 3. The molecule has 0 atom stereocenters. The highest BCUT2D eigenvalue weighted by molar-refractivity contribution is 7.20. The van der Waals surface area contributed by atoms with E-state index >= 15 is 4.39 Å². The molecule has 51 heavy (non-hydrogen) atoms. The Hall–Kier alpha value is -6.05. The number of amides is 2. The molecule has 5 heterocycles. The predicted molar refractivity (Wildman–Crippen MR) is 196 cm³/mol. The Morgan fingerprint density at radius 1 is 0.882 bits per heavy atom. The van der Waals surface area contributed by atoms with E-state index in [4.69, 9.17) is 27.2 Å². The normalized spacial score (nSPS) is 14.0. The van der Waals surface area contributed by atoms with Crippen molar-refractivity contribution in [3.63, 3.8) is 0 Å². The maximum Gasteiger partial charge on any atom is 0.277 e. The Balaban J connectivity index is 1.05. The van der Waals surface area contributed by atoms with E-state index in [1.54, 1.807) is 6.20 Å². The number of primary amides is 2. The zero-order valence-corrected chi connectivity index (χ0v) is 28.1. The first-order valence-electron chi connectivity index (χ1n) is 16.4. The van der Waals surface area contributed by atoms with Crippen LogP contribution in [-0.4, -0.2) is 54.3 Å². The number of halogens is 1. The number of nitrogens with zero attached hydrogens (tertiary/aromatic N) is 6. The van der Waals surface area contributed by atoms with E-state index in [-0.39, 0.29) is 27.6 Å². The maximum absolute atomic E-state index is 15.5. The van der Waals surface area contributed by atoms with E-state index in [1.165, 1.54) is 6.07 Å². The van der Waals surface area contributed by atoms with Crippen LogP contribution in [0.15, 0.2) is 91.1 Å². The minimum absolute atomic E-state index is 0.0109. The van der Waals surface area contributed by atoms with Crippen LogP contribution in [-0.2, 0) is 6.54 Å². The molecular weight excluding hydrogens is 666 g/mol. The molecule has 4 aromatic heterocycles. The molecule has 1 saturated heterocycles. The number of hydrogen-bond acceptors (Lipinski definition) is 9. The van der Waals surface area contributed by atoms with Gasteiger partial charge in [-0.15, -0.1) is 11.3 Å². The van der Waals surface area contributed by atoms with Gasteiger partial charge >= 0.3 is 0 Å². The molecule has 7 aromatic rings. The van der Waals surface area contributed by atoms with Crippen molar-refractivity contribution in [2.75, 3.05) is 18.8 Å². The first-order valence-corrected chi connectivity index (χ1v) is 17.3. The summed E-state index contributed by atoms with van der Waals surface area (Å²) in [5.41, 5.74) is 24.0. The number of aromatic nitrogens is 5. The number of imidazole rings is 1. The van der Waals surface area contributed by atoms with Crippen LogP contribution in [0.1, 0.15) is 50.0 Å². The van der Waals surface area contributed by atoms with Crippen molar-refractivity contribution in [2.45, 2.75) is 25.3 Å². The summed E-state index contributed by atoms with van der Waals surface area (Å²) >= 11 is 0.950. The van der Waals surface area contributed by atoms with Crippen LogP contribution in [0.4, 0.5) is 10.2 Å². The van der Waals surface area contributed by atoms with Crippen molar-refractivity contribution in [3.8, 4) is 28.3 Å². The quantitative estimate of drug-likeness (QED) is 0.172. The number of carbonyl (C=O) groups excluding carboxylic acids is 2. The van der Waals surface area contributed by atoms with Gasteiger partial charge < -0.3 is 17.2 Å². The zero-order valence-electron chi connectivity index (χ0n) is 27.3. The molecular formula is C38H32FN9O2S. The van der Waals surface area contributed by atoms with Gasteiger partial charge in [0.1, 0.15) is 17.2 Å². The van der Waals surface area contributed by atoms with Gasteiger partial charge in [0.05, 0.1) is 27.0 Å². The summed E-state index contributed by atoms with van der Waals surface area (Å²) in [6.45, 7) is 2.07. The fraction of sp³-hybridized carbons (Fsp3) is 0.158. The Morgan fingerprint density at radius 2 is 1.65 bits per heavy atom. The van der Waals surface area contributed by atoms with E-state index in [2.05, 4.69) is 27.0 Å². The van der Waals surface area contributed by atoms with Gasteiger partial charge in [0.15, 0.2) is 16.5 Å². The third kappa shape index (κ3) is 5.96. The molecule has 254 valence electrons. The Morgan fingerprint density at radius 3 is 2.35 bits per heavy atom. The lowest BCUT2D eigenvalue weighted by molar-refractivity contribution is 0.0989. The third-order valence-corrected chi connectivity index (χ3v) is 10.4. The minimum Gasteiger partial charge on any atom is -0.383 e. The molecule has 1 fully saturated rings. The van der Waals surface area contributed by atoms with Crippen molar-refractivity contribution in [3.05, 3.63) is 119 Å². The highest BCUT2D eigenvalue weighted by atomic mass is 32.1. The van der Waals surface area contributed by atoms with Crippen molar-refractivity contribution in [1.82, 2.24) is 29.4 Å². The largest absolute Gasteiger partial charge is 0.383 e. The SMILES string of the molecule is NC(=O)c1nc2c(C(N)=O)c(C3CCN(Cc4ccc(-n5c(-c6cccnc6N)nc6ccc(-c7ccccc7)nc65)cc4)CC3)c(F)cc2s1. The number of nitrogen functional groups attached to an aromatic ring is 1. The number of fused-ring (bicyclic) bond motifs is 2. The van der Waals surface area contributed by atoms with Crippen molar-refractivity contribution < 1.29 is 14.0 Å². The second kappa shape index (κ2) is 13.0. The summed E-state index contributed by atoms with van der Waals surface area (Å²) in [4.78, 5) is 45.1. The van der Waals surface area contributed by atoms with E-state index in [0.717, 1.165) is 39.4 Å². The highest BCUT2D eigenvalue weighted by Crippen LogP contribution is 2.38. The van der Waals surface area contributed by atoms with Crippen LogP contribution >= 0.6 is 11.3 Å². The summed E-state index contributed by atoms with van der Waals surface area (Å²) in [6.07, 6.45) is 2.91. The summed E-state index contributed by atoms with van der Waals surface area (Å²) < 4.78 is 17.9. The number of likely N-dealkylation sites (tertiary alicyclic amines) is 1. The molecule has 0 aliphatic carbocycles. The van der Waals surface area contributed by atoms with Gasteiger partial charge in [0.2, 0.25) is 0 Å². The van der Waals surface area contributed by atoms with E-state index < -0.39 is 17.6 Å². The number of carbonyl (C=O) groups is 2. The van der Waals surface area contributed by atoms with Gasteiger partial charge in [-0.05, 0) is 79.9 Å². The predicted octanol–water partition coefficient (Wildman–Crippen LogP) is 6.06. The summed E-state index contributed by atoms with van der Waals surface area (Å²) in [5, 5.41) is 0.0109. The average molecular weight is 698 g/mol. The molecule has 13 heteroatoms. The van der Waals surface area contributed by atoms with E-state index in [1.807, 2.05) is 71.3 Å². The summed E-state index contributed by atoms with van der Waals surface area (Å²) in [5.74, 6) is -1.23. The maximum atomic E-state index is 15.5. The standard InChI is InChI=1S/C38H32FN9O2S/c39-26-19-29-32(46-38(51-29)35(42)50)31(34(41)49)30(26)23-14-17-47(18-15-23)20-21-8-10-24(11-9-21)48-36(25-7-4-16-43-33(25)40)45-28-13-12-27(44-37(28)48)22-5-2-1-3-6-22/h1-13,16,19,23H,14-15,17-18,20H2,(H2,40,43)(H2,41,49)(H2,42,50). The number of hydrogen-bond donors (Lipinski definition) is 3. The average Bonchev–Trinajstić information content (AvgIpc) is 3.74. The molecule has 2 amide bonds. The first-order chi connectivity index (χ1) is 24.7. The number of anilines is 1. The summed E-state index contributed by atoms with van der Waals surface area (Å²) in [6, 6.07) is 27.3. The Kier molecular flexibility index (Phi) is 8.21. The number of pyridine rings is 2. The topological polar surface area (TPSA) is 172 Å². The molecule has 0 spiro atoms.